The van der Waals surface area contributed by atoms with Gasteiger partial charge >= 0.3 is 17.8 Å². The molecule has 6 nitrogen and oxygen atoms in total. The highest BCUT2D eigenvalue weighted by molar-refractivity contribution is 6.41. The second-order valence-electron chi connectivity index (χ2n) is 5.50. The van der Waals surface area contributed by atoms with Crippen LogP contribution in [-0.2, 0) is 19.8 Å². The highest BCUT2D eigenvalue weighted by Gasteiger charge is 2.46. The van der Waals surface area contributed by atoms with Crippen LogP contribution in [0.3, 0.4) is 0 Å². The van der Waals surface area contributed by atoms with Crippen molar-refractivity contribution in [3.63, 3.8) is 0 Å². The van der Waals surface area contributed by atoms with Crippen LogP contribution in [0.4, 0.5) is 5.69 Å². The monoisotopic (exact) mass is 288 g/mol. The van der Waals surface area contributed by atoms with Crippen molar-refractivity contribution in [1.29, 1.82) is 0 Å². The predicted molar refractivity (Wildman–Crippen MR) is 75.0 cm³/mol. The molecule has 2 fully saturated rings. The van der Waals surface area contributed by atoms with E-state index in [2.05, 4.69) is 5.32 Å². The first-order chi connectivity index (χ1) is 10.0. The van der Waals surface area contributed by atoms with Crippen LogP contribution >= 0.6 is 0 Å². The Morgan fingerprint density at radius 2 is 2.05 bits per heavy atom. The smallest absolute Gasteiger partial charge is 0.316 e. The highest BCUT2D eigenvalue weighted by Crippen LogP contribution is 2.44. The van der Waals surface area contributed by atoms with E-state index in [0.29, 0.717) is 37.2 Å². The molecule has 6 heteroatoms. The lowest BCUT2D eigenvalue weighted by molar-refractivity contribution is -0.147. The van der Waals surface area contributed by atoms with Gasteiger partial charge in [0.15, 0.2) is 0 Å². The van der Waals surface area contributed by atoms with E-state index in [9.17, 15) is 19.5 Å². The number of carbonyl (C=O) groups is 3. The quantitative estimate of drug-likeness (QED) is 0.800. The molecule has 1 saturated carbocycles. The first-order valence-electron chi connectivity index (χ1n) is 6.98. The Morgan fingerprint density at radius 1 is 1.29 bits per heavy atom. The zero-order valence-corrected chi connectivity index (χ0v) is 11.5. The van der Waals surface area contributed by atoms with Crippen molar-refractivity contribution in [3.05, 3.63) is 29.8 Å². The Hall–Kier alpha value is -2.37. The van der Waals surface area contributed by atoms with Gasteiger partial charge < -0.3 is 15.3 Å². The standard InChI is InChI=1S/C15H16N2O4/c18-12-13(19)17(8-7-16-12)11-4-1-3-10(9-11)15(14(20)21)5-2-6-15/h1,3-4,9H,2,5-8H2,(H,16,18)(H,20,21). The third kappa shape index (κ3) is 2.07. The number of benzene rings is 1. The minimum absolute atomic E-state index is 0.397. The van der Waals surface area contributed by atoms with Gasteiger partial charge in [0.05, 0.1) is 5.41 Å². The fourth-order valence-electron chi connectivity index (χ4n) is 2.96. The Morgan fingerprint density at radius 3 is 2.67 bits per heavy atom. The van der Waals surface area contributed by atoms with Gasteiger partial charge in [0.2, 0.25) is 0 Å². The van der Waals surface area contributed by atoms with Crippen LogP contribution in [0.25, 0.3) is 0 Å². The molecule has 0 atom stereocenters. The van der Waals surface area contributed by atoms with Crippen molar-refractivity contribution in [3.8, 4) is 0 Å². The number of piperazine rings is 1. The van der Waals surface area contributed by atoms with Crippen LogP contribution in [0, 0.1) is 0 Å². The fourth-order valence-corrected chi connectivity index (χ4v) is 2.96. The molecular weight excluding hydrogens is 272 g/mol. The van der Waals surface area contributed by atoms with Gasteiger partial charge in [0.1, 0.15) is 0 Å². The third-order valence-corrected chi connectivity index (χ3v) is 4.39. The van der Waals surface area contributed by atoms with Gasteiger partial charge in [-0.05, 0) is 30.5 Å². The number of carbonyl (C=O) groups excluding carboxylic acids is 2. The van der Waals surface area contributed by atoms with E-state index < -0.39 is 23.2 Å². The summed E-state index contributed by atoms with van der Waals surface area (Å²) in [6.07, 6.45) is 2.11. The Bertz CT molecular complexity index is 622. The minimum atomic E-state index is -0.836. The number of carboxylic acids is 1. The van der Waals surface area contributed by atoms with E-state index >= 15 is 0 Å². The average molecular weight is 288 g/mol. The summed E-state index contributed by atoms with van der Waals surface area (Å²) in [5, 5.41) is 12.0. The minimum Gasteiger partial charge on any atom is -0.481 e. The first-order valence-corrected chi connectivity index (χ1v) is 6.98. The van der Waals surface area contributed by atoms with Crippen molar-refractivity contribution < 1.29 is 19.5 Å². The van der Waals surface area contributed by atoms with Gasteiger partial charge in [0, 0.05) is 18.8 Å². The molecule has 3 rings (SSSR count). The summed E-state index contributed by atoms with van der Waals surface area (Å²) in [7, 11) is 0. The molecule has 0 spiro atoms. The number of rotatable bonds is 3. The molecule has 1 aliphatic carbocycles. The van der Waals surface area contributed by atoms with Crippen molar-refractivity contribution in [1.82, 2.24) is 5.32 Å². The van der Waals surface area contributed by atoms with Gasteiger partial charge in [-0.15, -0.1) is 0 Å². The molecule has 0 radical (unpaired) electrons. The maximum Gasteiger partial charge on any atom is 0.316 e. The van der Waals surface area contributed by atoms with Crippen LogP contribution in [0.15, 0.2) is 24.3 Å². The number of aliphatic carboxylic acids is 1. The molecule has 1 aromatic carbocycles. The van der Waals surface area contributed by atoms with Crippen LogP contribution in [0.1, 0.15) is 24.8 Å². The van der Waals surface area contributed by atoms with Crippen LogP contribution in [0.5, 0.6) is 0 Å². The van der Waals surface area contributed by atoms with E-state index in [0.717, 1.165) is 6.42 Å². The second-order valence-corrected chi connectivity index (χ2v) is 5.50. The maximum atomic E-state index is 11.9. The van der Waals surface area contributed by atoms with Gasteiger partial charge in [-0.1, -0.05) is 18.6 Å². The summed E-state index contributed by atoms with van der Waals surface area (Å²) in [4.78, 5) is 36.3. The topological polar surface area (TPSA) is 86.7 Å². The highest BCUT2D eigenvalue weighted by atomic mass is 16.4. The summed E-state index contributed by atoms with van der Waals surface area (Å²) >= 11 is 0. The van der Waals surface area contributed by atoms with Crippen molar-refractivity contribution in [2.24, 2.45) is 0 Å². The second kappa shape index (κ2) is 4.87. The lowest BCUT2D eigenvalue weighted by Gasteiger charge is -2.38. The van der Waals surface area contributed by atoms with Crippen LogP contribution in [0.2, 0.25) is 0 Å². The number of anilines is 1. The molecule has 21 heavy (non-hydrogen) atoms. The van der Waals surface area contributed by atoms with Crippen LogP contribution in [-0.4, -0.2) is 36.0 Å². The van der Waals surface area contributed by atoms with E-state index in [4.69, 9.17) is 0 Å². The SMILES string of the molecule is O=C1NCCN(c2cccc(C3(C(=O)O)CCC3)c2)C1=O. The zero-order chi connectivity index (χ0) is 15.0. The van der Waals surface area contributed by atoms with E-state index in [-0.39, 0.29) is 0 Å². The number of carboxylic acid groups (broad SMARTS) is 1. The van der Waals surface area contributed by atoms with E-state index in [1.165, 1.54) is 4.90 Å². The Balaban J connectivity index is 1.95. The molecule has 1 aromatic rings. The van der Waals surface area contributed by atoms with Gasteiger partial charge in [0.25, 0.3) is 0 Å². The van der Waals surface area contributed by atoms with Crippen molar-refractivity contribution >= 4 is 23.5 Å². The predicted octanol–water partition coefficient (Wildman–Crippen LogP) is 0.656. The molecule has 2 aliphatic rings. The summed E-state index contributed by atoms with van der Waals surface area (Å²) in [5.41, 5.74) is 0.453. The molecular formula is C15H16N2O4. The maximum absolute atomic E-state index is 11.9. The molecule has 2 amide bonds. The number of nitrogens with one attached hydrogen (secondary N) is 1. The number of hydrogen-bond acceptors (Lipinski definition) is 3. The van der Waals surface area contributed by atoms with Crippen LogP contribution < -0.4 is 10.2 Å². The molecule has 2 N–H and O–H groups in total. The van der Waals surface area contributed by atoms with Gasteiger partial charge in [-0.25, -0.2) is 0 Å². The normalized spacial score (nSPS) is 20.7. The molecule has 1 heterocycles. The largest absolute Gasteiger partial charge is 0.481 e. The fraction of sp³-hybridized carbons (Fsp3) is 0.400. The Kier molecular flexibility index (Phi) is 3.16. The number of hydrogen-bond donors (Lipinski definition) is 2. The van der Waals surface area contributed by atoms with E-state index in [1.54, 1.807) is 24.3 Å². The van der Waals surface area contributed by atoms with Crippen molar-refractivity contribution in [2.45, 2.75) is 24.7 Å². The number of nitrogens with zero attached hydrogens (tertiary/aromatic N) is 1. The summed E-state index contributed by atoms with van der Waals surface area (Å²) in [5.74, 6) is -2.05. The average Bonchev–Trinajstić information content (AvgIpc) is 2.40. The molecule has 1 aliphatic heterocycles. The Labute approximate surface area is 121 Å². The van der Waals surface area contributed by atoms with E-state index in [1.807, 2.05) is 0 Å². The summed E-state index contributed by atoms with van der Waals surface area (Å²) in [6, 6.07) is 6.98. The first kappa shape index (κ1) is 13.6. The molecule has 110 valence electrons. The third-order valence-electron chi connectivity index (χ3n) is 4.39. The number of amides is 2. The summed E-state index contributed by atoms with van der Waals surface area (Å²) < 4.78 is 0. The summed E-state index contributed by atoms with van der Waals surface area (Å²) in [6.45, 7) is 0.799. The molecule has 0 bridgehead atoms. The van der Waals surface area contributed by atoms with Gasteiger partial charge in [-0.2, -0.15) is 0 Å². The molecule has 0 unspecified atom stereocenters. The van der Waals surface area contributed by atoms with Crippen molar-refractivity contribution in [2.75, 3.05) is 18.0 Å². The van der Waals surface area contributed by atoms with Gasteiger partial charge in [-0.3, -0.25) is 14.4 Å². The lowest BCUT2D eigenvalue weighted by atomic mass is 9.64. The zero-order valence-electron chi connectivity index (χ0n) is 11.5. The lowest BCUT2D eigenvalue weighted by Crippen LogP contribution is -2.52. The molecule has 0 aromatic heterocycles. The molecule has 1 saturated heterocycles.